The molecule has 1 aliphatic carbocycles. The van der Waals surface area contributed by atoms with Crippen LogP contribution >= 0.6 is 23.2 Å². The maximum Gasteiger partial charge on any atom is 0.180 e. The van der Waals surface area contributed by atoms with Crippen molar-refractivity contribution in [1.82, 2.24) is 9.78 Å². The van der Waals surface area contributed by atoms with Crippen molar-refractivity contribution >= 4 is 23.2 Å². The number of rotatable bonds is 2. The number of aromatic nitrogens is 2. The average Bonchev–Trinajstić information content (AvgIpc) is 2.42. The van der Waals surface area contributed by atoms with Crippen LogP contribution in [0.15, 0.2) is 22.8 Å². The van der Waals surface area contributed by atoms with E-state index in [0.29, 0.717) is 15.9 Å². The molecule has 0 saturated heterocycles. The lowest BCUT2D eigenvalue weighted by Gasteiger charge is -2.30. The van der Waals surface area contributed by atoms with Gasteiger partial charge in [-0.2, -0.15) is 5.10 Å². The second-order valence-electron chi connectivity index (χ2n) is 4.94. The van der Waals surface area contributed by atoms with Gasteiger partial charge in [0.05, 0.1) is 0 Å². The van der Waals surface area contributed by atoms with E-state index >= 15 is 0 Å². The summed E-state index contributed by atoms with van der Waals surface area (Å²) in [6.07, 6.45) is 4.64. The molecule has 1 heterocycles. The summed E-state index contributed by atoms with van der Waals surface area (Å²) in [6, 6.07) is 0. The van der Waals surface area contributed by atoms with Crippen LogP contribution in [0.1, 0.15) is 26.0 Å². The third-order valence-corrected chi connectivity index (χ3v) is 3.53. The Morgan fingerprint density at radius 3 is 2.56 bits per heavy atom. The Kier molecular flexibility index (Phi) is 3.47. The standard InChI is InChI=1S/C13H16Cl2N2O/c1-8-5-10(14)7-13(3,6-8)18-11-9(2)16-17(4)12(11)15/h5,7H,6H2,1-4H3. The van der Waals surface area contributed by atoms with Crippen molar-refractivity contribution in [2.75, 3.05) is 0 Å². The van der Waals surface area contributed by atoms with E-state index in [0.717, 1.165) is 12.1 Å². The Morgan fingerprint density at radius 1 is 1.39 bits per heavy atom. The molecule has 1 aliphatic rings. The molecule has 0 aliphatic heterocycles. The lowest BCUT2D eigenvalue weighted by atomic mass is 9.92. The molecule has 0 bridgehead atoms. The van der Waals surface area contributed by atoms with E-state index in [1.54, 1.807) is 11.7 Å². The Hall–Kier alpha value is -0.930. The van der Waals surface area contributed by atoms with Gasteiger partial charge in [-0.05, 0) is 32.9 Å². The molecule has 5 heteroatoms. The van der Waals surface area contributed by atoms with Crippen LogP contribution in [-0.4, -0.2) is 15.4 Å². The van der Waals surface area contributed by atoms with Crippen LogP contribution in [0, 0.1) is 6.92 Å². The topological polar surface area (TPSA) is 27.1 Å². The van der Waals surface area contributed by atoms with Gasteiger partial charge in [-0.15, -0.1) is 0 Å². The Labute approximate surface area is 117 Å². The molecule has 18 heavy (non-hydrogen) atoms. The summed E-state index contributed by atoms with van der Waals surface area (Å²) >= 11 is 12.3. The highest BCUT2D eigenvalue weighted by Gasteiger charge is 2.30. The molecule has 0 radical (unpaired) electrons. The summed E-state index contributed by atoms with van der Waals surface area (Å²) in [6.45, 7) is 5.91. The zero-order valence-electron chi connectivity index (χ0n) is 10.9. The largest absolute Gasteiger partial charge is 0.478 e. The summed E-state index contributed by atoms with van der Waals surface area (Å²) in [5.74, 6) is 0.622. The van der Waals surface area contributed by atoms with Gasteiger partial charge in [-0.25, -0.2) is 0 Å². The first kappa shape index (κ1) is 13.5. The van der Waals surface area contributed by atoms with Crippen LogP contribution in [0.25, 0.3) is 0 Å². The van der Waals surface area contributed by atoms with Crippen LogP contribution in [-0.2, 0) is 7.05 Å². The zero-order chi connectivity index (χ0) is 13.5. The first-order valence-corrected chi connectivity index (χ1v) is 6.50. The van der Waals surface area contributed by atoms with E-state index in [2.05, 4.69) is 5.10 Å². The minimum atomic E-state index is -0.479. The fourth-order valence-corrected chi connectivity index (χ4v) is 2.88. The molecular formula is C13H16Cl2N2O. The van der Waals surface area contributed by atoms with Crippen LogP contribution in [0.4, 0.5) is 0 Å². The maximum absolute atomic E-state index is 6.18. The van der Waals surface area contributed by atoms with E-state index in [1.165, 1.54) is 5.57 Å². The van der Waals surface area contributed by atoms with E-state index in [1.807, 2.05) is 32.9 Å². The third-order valence-electron chi connectivity index (χ3n) is 2.89. The van der Waals surface area contributed by atoms with Gasteiger partial charge in [0.1, 0.15) is 11.3 Å². The second-order valence-corrected chi connectivity index (χ2v) is 5.73. The van der Waals surface area contributed by atoms with Crippen molar-refractivity contribution in [2.24, 2.45) is 7.05 Å². The first-order valence-electron chi connectivity index (χ1n) is 5.74. The minimum absolute atomic E-state index is 0.479. The number of nitrogens with zero attached hydrogens (tertiary/aromatic N) is 2. The summed E-state index contributed by atoms with van der Waals surface area (Å²) in [7, 11) is 1.79. The van der Waals surface area contributed by atoms with Crippen molar-refractivity contribution in [3.63, 3.8) is 0 Å². The highest BCUT2D eigenvalue weighted by molar-refractivity contribution is 6.31. The van der Waals surface area contributed by atoms with Gasteiger partial charge < -0.3 is 4.74 Å². The number of hydrogen-bond acceptors (Lipinski definition) is 2. The number of hydrogen-bond donors (Lipinski definition) is 0. The highest BCUT2D eigenvalue weighted by atomic mass is 35.5. The first-order chi connectivity index (χ1) is 8.31. The van der Waals surface area contributed by atoms with Gasteiger partial charge in [0.2, 0.25) is 0 Å². The number of allylic oxidation sites excluding steroid dienone is 2. The predicted octanol–water partition coefficient (Wildman–Crippen LogP) is 3.99. The smallest absolute Gasteiger partial charge is 0.180 e. The second kappa shape index (κ2) is 4.63. The molecule has 2 rings (SSSR count). The molecule has 98 valence electrons. The fraction of sp³-hybridized carbons (Fsp3) is 0.462. The van der Waals surface area contributed by atoms with E-state index < -0.39 is 5.60 Å². The monoisotopic (exact) mass is 286 g/mol. The van der Waals surface area contributed by atoms with Crippen molar-refractivity contribution in [3.05, 3.63) is 33.6 Å². The van der Waals surface area contributed by atoms with E-state index in [-0.39, 0.29) is 0 Å². The molecular weight excluding hydrogens is 271 g/mol. The summed E-state index contributed by atoms with van der Waals surface area (Å²) in [5.41, 5.74) is 1.48. The molecule has 0 amide bonds. The summed E-state index contributed by atoms with van der Waals surface area (Å²) < 4.78 is 7.65. The minimum Gasteiger partial charge on any atom is -0.478 e. The maximum atomic E-state index is 6.18. The third kappa shape index (κ3) is 2.57. The van der Waals surface area contributed by atoms with E-state index in [4.69, 9.17) is 27.9 Å². The Bertz CT molecular complexity index is 545. The summed E-state index contributed by atoms with van der Waals surface area (Å²) in [5, 5.41) is 5.44. The molecule has 0 saturated carbocycles. The molecule has 1 aromatic heterocycles. The quantitative estimate of drug-likeness (QED) is 0.822. The van der Waals surface area contributed by atoms with Crippen LogP contribution in [0.2, 0.25) is 5.15 Å². The van der Waals surface area contributed by atoms with Gasteiger partial charge in [0, 0.05) is 18.5 Å². The van der Waals surface area contributed by atoms with Crippen LogP contribution in [0.3, 0.4) is 0 Å². The lowest BCUT2D eigenvalue weighted by Crippen LogP contribution is -2.32. The molecule has 0 fully saturated rings. The predicted molar refractivity (Wildman–Crippen MR) is 74.3 cm³/mol. The molecule has 0 aromatic carbocycles. The van der Waals surface area contributed by atoms with Crippen LogP contribution < -0.4 is 4.74 Å². The van der Waals surface area contributed by atoms with Crippen molar-refractivity contribution in [3.8, 4) is 5.75 Å². The Balaban J connectivity index is 2.32. The molecule has 1 aromatic rings. The normalized spacial score (nSPS) is 23.7. The van der Waals surface area contributed by atoms with Crippen LogP contribution in [0.5, 0.6) is 5.75 Å². The molecule has 3 nitrogen and oxygen atoms in total. The number of aryl methyl sites for hydroxylation is 2. The van der Waals surface area contributed by atoms with Gasteiger partial charge >= 0.3 is 0 Å². The molecule has 1 atom stereocenters. The van der Waals surface area contributed by atoms with Gasteiger partial charge in [0.15, 0.2) is 10.9 Å². The SMILES string of the molecule is CC1=CC(Cl)=CC(C)(Oc2c(C)nn(C)c2Cl)C1. The molecule has 0 N–H and O–H groups in total. The van der Waals surface area contributed by atoms with Crippen molar-refractivity contribution in [1.29, 1.82) is 0 Å². The molecule has 0 spiro atoms. The lowest BCUT2D eigenvalue weighted by molar-refractivity contribution is 0.138. The van der Waals surface area contributed by atoms with E-state index in [9.17, 15) is 0 Å². The fourth-order valence-electron chi connectivity index (χ4n) is 2.25. The molecule has 1 unspecified atom stereocenters. The van der Waals surface area contributed by atoms with Gasteiger partial charge in [0.25, 0.3) is 0 Å². The van der Waals surface area contributed by atoms with Gasteiger partial charge in [-0.3, -0.25) is 4.68 Å². The highest BCUT2D eigenvalue weighted by Crippen LogP contribution is 2.36. The number of ether oxygens (including phenoxy) is 1. The average molecular weight is 287 g/mol. The van der Waals surface area contributed by atoms with Gasteiger partial charge in [-0.1, -0.05) is 28.8 Å². The summed E-state index contributed by atoms with van der Waals surface area (Å²) in [4.78, 5) is 0. The Morgan fingerprint density at radius 2 is 2.06 bits per heavy atom. The van der Waals surface area contributed by atoms with Crippen molar-refractivity contribution in [2.45, 2.75) is 32.8 Å². The zero-order valence-corrected chi connectivity index (χ0v) is 12.4. The number of halogens is 2. The van der Waals surface area contributed by atoms with Crippen molar-refractivity contribution < 1.29 is 4.74 Å².